The molecule has 230 valence electrons. The first-order valence-electron chi connectivity index (χ1n) is 14.7. The molecule has 2 fully saturated rings. The molecule has 0 spiro atoms. The van der Waals surface area contributed by atoms with Crippen LogP contribution in [0.4, 0.5) is 24.5 Å². The molecular weight excluding hydrogens is 533 g/mol. The summed E-state index contributed by atoms with van der Waals surface area (Å²) in [6.45, 7) is 13.5. The predicted molar refractivity (Wildman–Crippen MR) is 163 cm³/mol. The van der Waals surface area contributed by atoms with Crippen LogP contribution in [0.1, 0.15) is 52.0 Å². The van der Waals surface area contributed by atoms with Crippen molar-refractivity contribution in [2.45, 2.75) is 65.1 Å². The number of amidine groups is 1. The molecule has 1 heterocycles. The Labute approximate surface area is 242 Å². The van der Waals surface area contributed by atoms with E-state index in [2.05, 4.69) is 43.3 Å². The van der Waals surface area contributed by atoms with E-state index >= 15 is 0 Å². The molecule has 1 aliphatic heterocycles. The summed E-state index contributed by atoms with van der Waals surface area (Å²) in [6.07, 6.45) is 0.180. The second-order valence-corrected chi connectivity index (χ2v) is 9.61. The fourth-order valence-corrected chi connectivity index (χ4v) is 4.27. The Morgan fingerprint density at radius 2 is 1.95 bits per heavy atom. The van der Waals surface area contributed by atoms with Gasteiger partial charge in [0, 0.05) is 75.9 Å². The lowest BCUT2D eigenvalue weighted by Gasteiger charge is -2.21. The molecule has 41 heavy (non-hydrogen) atoms. The summed E-state index contributed by atoms with van der Waals surface area (Å²) in [6, 6.07) is 6.58. The molecule has 9 nitrogen and oxygen atoms in total. The second kappa shape index (κ2) is 18.3. The Morgan fingerprint density at radius 3 is 2.63 bits per heavy atom. The number of hydrogen-bond donors (Lipinski definition) is 5. The molecule has 1 saturated carbocycles. The van der Waals surface area contributed by atoms with Gasteiger partial charge in [-0.05, 0) is 56.2 Å². The Balaban J connectivity index is 0.00000287. The third-order valence-corrected chi connectivity index (χ3v) is 6.56. The van der Waals surface area contributed by atoms with E-state index < -0.39 is 11.7 Å². The maximum atomic E-state index is 13.8. The lowest BCUT2D eigenvalue weighted by molar-refractivity contribution is -0.130. The van der Waals surface area contributed by atoms with Gasteiger partial charge in [0.15, 0.2) is 0 Å². The first kappa shape index (κ1) is 34.1. The maximum absolute atomic E-state index is 13.8. The Morgan fingerprint density at radius 1 is 1.17 bits per heavy atom. The standard InChI is InChI=1S/C27H41F3N8O.C2H6/c1-3-20-17-22(34-13-12-33-21-5-6-21)7-8-24(20)36-19-37-26(23(18-31-2)27(28,29)30)35-10-4-15-38-16-14-32-11-9-25(38)39;1-2/h7-8,17-18,21,32-34,36H,2-6,9-16,19H2,1H3,(H,35,37);1-2H3/b23-18+;. The number of halogens is 3. The predicted octanol–water partition coefficient (Wildman–Crippen LogP) is 4.16. The van der Waals surface area contributed by atoms with Crippen LogP contribution >= 0.6 is 0 Å². The van der Waals surface area contributed by atoms with Gasteiger partial charge in [0.1, 0.15) is 18.1 Å². The number of carbonyl (C=O) groups excluding carboxylic acids is 1. The van der Waals surface area contributed by atoms with Gasteiger partial charge >= 0.3 is 6.18 Å². The summed E-state index contributed by atoms with van der Waals surface area (Å²) in [5, 5.41) is 16.0. The minimum absolute atomic E-state index is 0.0488. The van der Waals surface area contributed by atoms with Gasteiger partial charge in [0.05, 0.1) is 0 Å². The van der Waals surface area contributed by atoms with E-state index in [1.54, 1.807) is 4.90 Å². The molecular formula is C29H47F3N8O. The van der Waals surface area contributed by atoms with Gasteiger partial charge in [-0.25, -0.2) is 4.99 Å². The minimum Gasteiger partial charge on any atom is -0.384 e. The van der Waals surface area contributed by atoms with Crippen LogP contribution in [-0.4, -0.2) is 88.1 Å². The molecule has 1 amide bonds. The topological polar surface area (TPSA) is 105 Å². The number of carbonyl (C=O) groups is 1. The zero-order chi connectivity index (χ0) is 30.1. The molecule has 1 aromatic carbocycles. The Bertz CT molecular complexity index is 1010. The first-order valence-corrected chi connectivity index (χ1v) is 14.7. The summed E-state index contributed by atoms with van der Waals surface area (Å²) in [5.41, 5.74) is 1.86. The van der Waals surface area contributed by atoms with Crippen LogP contribution in [0, 0.1) is 0 Å². The van der Waals surface area contributed by atoms with Crippen molar-refractivity contribution in [1.29, 1.82) is 0 Å². The fraction of sp³-hybridized carbons (Fsp3) is 0.621. The van der Waals surface area contributed by atoms with Gasteiger partial charge in [-0.15, -0.1) is 0 Å². The number of benzene rings is 1. The third kappa shape index (κ3) is 12.5. The van der Waals surface area contributed by atoms with Crippen LogP contribution < -0.4 is 26.6 Å². The largest absolute Gasteiger partial charge is 0.421 e. The van der Waals surface area contributed by atoms with Crippen molar-refractivity contribution in [2.75, 3.05) is 63.1 Å². The van der Waals surface area contributed by atoms with Crippen LogP contribution in [0.3, 0.4) is 0 Å². The summed E-state index contributed by atoms with van der Waals surface area (Å²) in [7, 11) is 0. The number of aliphatic imine (C=N–C) groups is 2. The summed E-state index contributed by atoms with van der Waals surface area (Å²) < 4.78 is 41.3. The molecule has 0 aromatic heterocycles. The lowest BCUT2D eigenvalue weighted by atomic mass is 10.1. The molecule has 0 bridgehead atoms. The Kier molecular flexibility index (Phi) is 15.2. The summed E-state index contributed by atoms with van der Waals surface area (Å²) in [5.74, 6) is -0.265. The maximum Gasteiger partial charge on any atom is 0.421 e. The normalized spacial score (nSPS) is 16.4. The van der Waals surface area contributed by atoms with Crippen molar-refractivity contribution in [3.05, 3.63) is 35.5 Å². The third-order valence-electron chi connectivity index (χ3n) is 6.56. The van der Waals surface area contributed by atoms with Crippen molar-refractivity contribution in [3.8, 4) is 0 Å². The Hall–Kier alpha value is -3.12. The monoisotopic (exact) mass is 580 g/mol. The van der Waals surface area contributed by atoms with Crippen LogP contribution in [-0.2, 0) is 11.2 Å². The van der Waals surface area contributed by atoms with Gasteiger partial charge in [-0.1, -0.05) is 20.8 Å². The number of rotatable bonds is 15. The zero-order valence-electron chi connectivity index (χ0n) is 24.7. The molecule has 5 N–H and O–H groups in total. The van der Waals surface area contributed by atoms with Gasteiger partial charge in [-0.3, -0.25) is 9.79 Å². The van der Waals surface area contributed by atoms with Crippen molar-refractivity contribution in [3.63, 3.8) is 0 Å². The molecule has 12 heteroatoms. The summed E-state index contributed by atoms with van der Waals surface area (Å²) >= 11 is 0. The van der Waals surface area contributed by atoms with E-state index in [1.165, 1.54) is 12.8 Å². The van der Waals surface area contributed by atoms with E-state index in [0.29, 0.717) is 51.3 Å². The molecule has 0 unspecified atom stereocenters. The van der Waals surface area contributed by atoms with Crippen LogP contribution in [0.2, 0.25) is 0 Å². The molecule has 3 rings (SSSR count). The minimum atomic E-state index is -4.66. The SMILES string of the molecule is C=N/C=C(\C(=N/CNc1ccc(NCCNC2CC2)cc1CC)NCCCN1CCNCCC1=O)C(F)(F)F.CC. The van der Waals surface area contributed by atoms with Gasteiger partial charge in [-0.2, -0.15) is 13.2 Å². The quantitative estimate of drug-likeness (QED) is 0.121. The highest BCUT2D eigenvalue weighted by Crippen LogP contribution is 2.27. The second-order valence-electron chi connectivity index (χ2n) is 9.61. The van der Waals surface area contributed by atoms with Gasteiger partial charge < -0.3 is 31.5 Å². The molecule has 1 aliphatic carbocycles. The lowest BCUT2D eigenvalue weighted by Crippen LogP contribution is -2.37. The van der Waals surface area contributed by atoms with E-state index in [9.17, 15) is 18.0 Å². The summed E-state index contributed by atoms with van der Waals surface area (Å²) in [4.78, 5) is 21.4. The van der Waals surface area contributed by atoms with Crippen LogP contribution in [0.25, 0.3) is 0 Å². The number of anilines is 2. The van der Waals surface area contributed by atoms with Crippen molar-refractivity contribution < 1.29 is 18.0 Å². The highest BCUT2D eigenvalue weighted by molar-refractivity contribution is 5.99. The molecule has 0 radical (unpaired) electrons. The van der Waals surface area contributed by atoms with E-state index in [4.69, 9.17) is 0 Å². The van der Waals surface area contributed by atoms with E-state index in [0.717, 1.165) is 36.4 Å². The van der Waals surface area contributed by atoms with Crippen molar-refractivity contribution in [1.82, 2.24) is 20.9 Å². The number of nitrogens with one attached hydrogen (secondary N) is 5. The average Bonchev–Trinajstić information content (AvgIpc) is 3.81. The van der Waals surface area contributed by atoms with E-state index in [-0.39, 0.29) is 25.0 Å². The van der Waals surface area contributed by atoms with Crippen LogP contribution in [0.15, 0.2) is 40.0 Å². The molecule has 2 aliphatic rings. The van der Waals surface area contributed by atoms with Crippen LogP contribution in [0.5, 0.6) is 0 Å². The first-order chi connectivity index (χ1) is 19.8. The number of nitrogens with zero attached hydrogens (tertiary/aromatic N) is 3. The highest BCUT2D eigenvalue weighted by atomic mass is 19.4. The molecule has 1 saturated heterocycles. The zero-order valence-corrected chi connectivity index (χ0v) is 24.7. The van der Waals surface area contributed by atoms with E-state index in [1.807, 2.05) is 39.0 Å². The smallest absolute Gasteiger partial charge is 0.384 e. The number of aryl methyl sites for hydroxylation is 1. The van der Waals surface area contributed by atoms with Gasteiger partial charge in [0.25, 0.3) is 0 Å². The highest BCUT2D eigenvalue weighted by Gasteiger charge is 2.37. The number of alkyl halides is 3. The van der Waals surface area contributed by atoms with Crippen molar-refractivity contribution in [2.24, 2.45) is 9.98 Å². The van der Waals surface area contributed by atoms with Crippen molar-refractivity contribution >= 4 is 29.8 Å². The van der Waals surface area contributed by atoms with Gasteiger partial charge in [0.2, 0.25) is 5.91 Å². The molecule has 1 aromatic rings. The average molecular weight is 581 g/mol. The fourth-order valence-electron chi connectivity index (χ4n) is 4.27. The number of hydrogen-bond acceptors (Lipinski definition) is 7. The number of amides is 1. The molecule has 0 atom stereocenters.